The van der Waals surface area contributed by atoms with Crippen LogP contribution in [-0.4, -0.2) is 23.0 Å². The summed E-state index contributed by atoms with van der Waals surface area (Å²) < 4.78 is 5.51. The van der Waals surface area contributed by atoms with Crippen LogP contribution in [0.3, 0.4) is 0 Å². The van der Waals surface area contributed by atoms with Gasteiger partial charge in [-0.15, -0.1) is 11.3 Å². The maximum absolute atomic E-state index is 12.3. The molecule has 0 aliphatic heterocycles. The Morgan fingerprint density at radius 1 is 1.35 bits per heavy atom. The number of nitrogens with one attached hydrogen (secondary N) is 1. The molecule has 2 aromatic heterocycles. The van der Waals surface area contributed by atoms with E-state index in [1.165, 1.54) is 0 Å². The van der Waals surface area contributed by atoms with Gasteiger partial charge in [0.25, 0.3) is 0 Å². The molecule has 2 heterocycles. The first kappa shape index (κ1) is 15.3. The number of carbonyl (C=O) groups is 1. The van der Waals surface area contributed by atoms with Crippen molar-refractivity contribution in [3.05, 3.63) is 58.6 Å². The minimum Gasteiger partial charge on any atom is -0.441 e. The number of thiophene rings is 1. The van der Waals surface area contributed by atoms with Gasteiger partial charge in [-0.05, 0) is 36.6 Å². The summed E-state index contributed by atoms with van der Waals surface area (Å²) in [4.78, 5) is 19.3. The van der Waals surface area contributed by atoms with Gasteiger partial charge in [0.1, 0.15) is 5.76 Å². The first-order valence-corrected chi connectivity index (χ1v) is 8.07. The first-order valence-electron chi connectivity index (χ1n) is 7.19. The van der Waals surface area contributed by atoms with Crippen molar-refractivity contribution in [3.63, 3.8) is 0 Å². The van der Waals surface area contributed by atoms with Crippen LogP contribution in [0, 0.1) is 6.92 Å². The van der Waals surface area contributed by atoms with Crippen LogP contribution < -0.4 is 5.32 Å². The Hall–Kier alpha value is -2.60. The normalized spacial score (nSPS) is 10.5. The number of urea groups is 1. The van der Waals surface area contributed by atoms with Gasteiger partial charge in [0.2, 0.25) is 5.89 Å². The largest absolute Gasteiger partial charge is 0.441 e. The van der Waals surface area contributed by atoms with Crippen LogP contribution in [0.5, 0.6) is 0 Å². The average molecular weight is 327 g/mol. The Kier molecular flexibility index (Phi) is 4.43. The predicted molar refractivity (Wildman–Crippen MR) is 91.5 cm³/mol. The highest BCUT2D eigenvalue weighted by molar-refractivity contribution is 7.09. The second-order valence-corrected chi connectivity index (χ2v) is 6.25. The Morgan fingerprint density at radius 2 is 2.22 bits per heavy atom. The number of oxazole rings is 1. The molecule has 3 aromatic rings. The lowest BCUT2D eigenvalue weighted by molar-refractivity contribution is 0.221. The highest BCUT2D eigenvalue weighted by Crippen LogP contribution is 2.22. The number of hydrogen-bond acceptors (Lipinski definition) is 4. The molecule has 0 atom stereocenters. The monoisotopic (exact) mass is 327 g/mol. The lowest BCUT2D eigenvalue weighted by Crippen LogP contribution is -2.30. The number of anilines is 1. The van der Waals surface area contributed by atoms with Gasteiger partial charge in [-0.3, -0.25) is 0 Å². The third kappa shape index (κ3) is 3.78. The van der Waals surface area contributed by atoms with Crippen LogP contribution in [0.4, 0.5) is 10.5 Å². The van der Waals surface area contributed by atoms with Crippen LogP contribution in [0.25, 0.3) is 11.5 Å². The van der Waals surface area contributed by atoms with Crippen molar-refractivity contribution in [1.82, 2.24) is 9.88 Å². The Balaban J connectivity index is 1.69. The highest BCUT2D eigenvalue weighted by atomic mass is 32.1. The average Bonchev–Trinajstić information content (AvgIpc) is 3.19. The zero-order chi connectivity index (χ0) is 16.2. The molecule has 5 nitrogen and oxygen atoms in total. The van der Waals surface area contributed by atoms with E-state index in [1.54, 1.807) is 29.5 Å². The summed E-state index contributed by atoms with van der Waals surface area (Å²) >= 11 is 1.63. The molecule has 23 heavy (non-hydrogen) atoms. The minimum absolute atomic E-state index is 0.154. The Labute approximate surface area is 138 Å². The lowest BCUT2D eigenvalue weighted by Gasteiger charge is -2.17. The van der Waals surface area contributed by atoms with Crippen molar-refractivity contribution in [2.75, 3.05) is 12.4 Å². The number of aryl methyl sites for hydroxylation is 1. The van der Waals surface area contributed by atoms with Gasteiger partial charge >= 0.3 is 6.03 Å². The summed E-state index contributed by atoms with van der Waals surface area (Å²) in [6, 6.07) is 11.3. The zero-order valence-electron chi connectivity index (χ0n) is 12.9. The van der Waals surface area contributed by atoms with Crippen molar-refractivity contribution < 1.29 is 9.21 Å². The molecular weight excluding hydrogens is 310 g/mol. The smallest absolute Gasteiger partial charge is 0.321 e. The van der Waals surface area contributed by atoms with Crippen molar-refractivity contribution in [2.45, 2.75) is 13.5 Å². The number of nitrogens with zero attached hydrogens (tertiary/aromatic N) is 2. The fourth-order valence-electron chi connectivity index (χ4n) is 2.15. The van der Waals surface area contributed by atoms with E-state index in [-0.39, 0.29) is 6.03 Å². The number of amides is 2. The van der Waals surface area contributed by atoms with Gasteiger partial charge in [-0.2, -0.15) is 0 Å². The second-order valence-electron chi connectivity index (χ2n) is 5.22. The first-order chi connectivity index (χ1) is 11.1. The van der Waals surface area contributed by atoms with E-state index in [0.29, 0.717) is 18.1 Å². The van der Waals surface area contributed by atoms with Gasteiger partial charge in [0, 0.05) is 23.2 Å². The molecule has 6 heteroatoms. The van der Waals surface area contributed by atoms with E-state index < -0.39 is 0 Å². The minimum atomic E-state index is -0.154. The molecule has 0 spiro atoms. The number of aromatic nitrogens is 1. The fourth-order valence-corrected chi connectivity index (χ4v) is 2.90. The van der Waals surface area contributed by atoms with Gasteiger partial charge in [-0.25, -0.2) is 9.78 Å². The molecule has 3 rings (SSSR count). The maximum Gasteiger partial charge on any atom is 0.321 e. The van der Waals surface area contributed by atoms with E-state index in [2.05, 4.69) is 10.3 Å². The Morgan fingerprint density at radius 3 is 2.91 bits per heavy atom. The number of rotatable bonds is 4. The molecule has 118 valence electrons. The third-order valence-corrected chi connectivity index (χ3v) is 4.16. The van der Waals surface area contributed by atoms with Crippen LogP contribution in [0.1, 0.15) is 10.6 Å². The lowest BCUT2D eigenvalue weighted by atomic mass is 10.2. The van der Waals surface area contributed by atoms with Gasteiger partial charge in [-0.1, -0.05) is 12.1 Å². The summed E-state index contributed by atoms with van der Waals surface area (Å²) in [5.41, 5.74) is 1.54. The highest BCUT2D eigenvalue weighted by Gasteiger charge is 2.11. The van der Waals surface area contributed by atoms with Crippen molar-refractivity contribution in [3.8, 4) is 11.5 Å². The number of benzene rings is 1. The van der Waals surface area contributed by atoms with Crippen molar-refractivity contribution in [1.29, 1.82) is 0 Å². The summed E-state index contributed by atoms with van der Waals surface area (Å²) in [5, 5.41) is 4.90. The standard InChI is InChI=1S/C17H17N3O2S/c1-12-10-18-16(22-12)13-5-3-6-14(9-13)19-17(21)20(2)11-15-7-4-8-23-15/h3-10H,11H2,1-2H3,(H,19,21). The van der Waals surface area contributed by atoms with Crippen LogP contribution in [-0.2, 0) is 6.54 Å². The van der Waals surface area contributed by atoms with E-state index >= 15 is 0 Å². The molecule has 0 saturated carbocycles. The van der Waals surface area contributed by atoms with E-state index in [9.17, 15) is 4.79 Å². The van der Waals surface area contributed by atoms with Gasteiger partial charge in [0.15, 0.2) is 0 Å². The molecule has 0 aliphatic carbocycles. The summed E-state index contributed by atoms with van der Waals surface area (Å²) in [6.45, 7) is 2.43. The molecular formula is C17H17N3O2S. The summed E-state index contributed by atoms with van der Waals surface area (Å²) in [5.74, 6) is 1.30. The molecule has 2 amide bonds. The molecule has 1 N–H and O–H groups in total. The van der Waals surface area contributed by atoms with Crippen LogP contribution >= 0.6 is 11.3 Å². The fraction of sp³-hybridized carbons (Fsp3) is 0.176. The molecule has 0 fully saturated rings. The predicted octanol–water partition coefficient (Wildman–Crippen LogP) is 4.38. The SMILES string of the molecule is Cc1cnc(-c2cccc(NC(=O)N(C)Cc3cccs3)c2)o1. The number of carbonyl (C=O) groups excluding carboxylic acids is 1. The van der Waals surface area contributed by atoms with Crippen LogP contribution in [0.15, 0.2) is 52.4 Å². The molecule has 0 bridgehead atoms. The van der Waals surface area contributed by atoms with Crippen LogP contribution in [0.2, 0.25) is 0 Å². The maximum atomic E-state index is 12.3. The molecule has 0 aliphatic rings. The zero-order valence-corrected chi connectivity index (χ0v) is 13.8. The molecule has 1 aromatic carbocycles. The molecule has 0 saturated heterocycles. The van der Waals surface area contributed by atoms with E-state index in [0.717, 1.165) is 16.2 Å². The van der Waals surface area contributed by atoms with Gasteiger partial charge < -0.3 is 14.6 Å². The van der Waals surface area contributed by atoms with E-state index in [1.807, 2.05) is 48.7 Å². The number of hydrogen-bond donors (Lipinski definition) is 1. The topological polar surface area (TPSA) is 58.4 Å². The van der Waals surface area contributed by atoms with Crippen molar-refractivity contribution >= 4 is 23.1 Å². The second kappa shape index (κ2) is 6.66. The summed E-state index contributed by atoms with van der Waals surface area (Å²) in [7, 11) is 1.77. The molecule has 0 radical (unpaired) electrons. The Bertz CT molecular complexity index is 796. The quantitative estimate of drug-likeness (QED) is 0.774. The van der Waals surface area contributed by atoms with Crippen molar-refractivity contribution in [2.24, 2.45) is 0 Å². The molecule has 0 unspecified atom stereocenters. The van der Waals surface area contributed by atoms with Gasteiger partial charge in [0.05, 0.1) is 12.7 Å². The third-order valence-electron chi connectivity index (χ3n) is 3.30. The summed E-state index contributed by atoms with van der Waals surface area (Å²) in [6.07, 6.45) is 1.68. The van der Waals surface area contributed by atoms with E-state index in [4.69, 9.17) is 4.42 Å².